The molecule has 0 spiro atoms. The first-order valence-electron chi connectivity index (χ1n) is 5.14. The number of pyridine rings is 1. The van der Waals surface area contributed by atoms with Crippen LogP contribution in [-0.2, 0) is 6.42 Å². The highest BCUT2D eigenvalue weighted by Gasteiger charge is 2.11. The van der Waals surface area contributed by atoms with Gasteiger partial charge in [-0.05, 0) is 23.8 Å². The fourth-order valence-corrected chi connectivity index (χ4v) is 1.96. The van der Waals surface area contributed by atoms with Crippen LogP contribution in [0.25, 0.3) is 0 Å². The summed E-state index contributed by atoms with van der Waals surface area (Å²) in [5.74, 6) is -0.667. The lowest BCUT2D eigenvalue weighted by molar-refractivity contribution is 0.0993. The minimum Gasteiger partial charge on any atom is -0.294 e. The molecule has 0 saturated heterocycles. The van der Waals surface area contributed by atoms with Crippen LogP contribution >= 0.6 is 23.2 Å². The smallest absolute Gasteiger partial charge is 0.168 e. The Morgan fingerprint density at radius 3 is 2.67 bits per heavy atom. The molecule has 0 amide bonds. The number of ketones is 1. The lowest BCUT2D eigenvalue weighted by atomic mass is 10.0. The standard InChI is InChI=1S/C13H8Cl2FNO/c14-10-5-8(1-2-12(10)16)6-13(18)9-3-4-17-7-11(9)15/h1-5,7H,6H2. The van der Waals surface area contributed by atoms with Crippen LogP contribution in [0, 0.1) is 5.82 Å². The van der Waals surface area contributed by atoms with Crippen molar-refractivity contribution in [1.29, 1.82) is 0 Å². The fraction of sp³-hybridized carbons (Fsp3) is 0.0769. The Balaban J connectivity index is 2.22. The van der Waals surface area contributed by atoms with Gasteiger partial charge in [0.25, 0.3) is 0 Å². The van der Waals surface area contributed by atoms with Gasteiger partial charge in [-0.25, -0.2) is 4.39 Å². The van der Waals surface area contributed by atoms with Crippen LogP contribution in [0.1, 0.15) is 15.9 Å². The molecule has 1 aromatic carbocycles. The first-order chi connectivity index (χ1) is 8.58. The molecule has 0 atom stereocenters. The number of halogens is 3. The van der Waals surface area contributed by atoms with E-state index in [-0.39, 0.29) is 17.2 Å². The van der Waals surface area contributed by atoms with Gasteiger partial charge in [0, 0.05) is 24.4 Å². The summed E-state index contributed by atoms with van der Waals surface area (Å²) in [6, 6.07) is 5.74. The van der Waals surface area contributed by atoms with E-state index in [0.717, 1.165) is 0 Å². The SMILES string of the molecule is O=C(Cc1ccc(F)c(Cl)c1)c1ccncc1Cl. The highest BCUT2D eigenvalue weighted by atomic mass is 35.5. The number of aromatic nitrogens is 1. The fourth-order valence-electron chi connectivity index (χ4n) is 1.53. The van der Waals surface area contributed by atoms with Crippen molar-refractivity contribution in [2.75, 3.05) is 0 Å². The predicted octanol–water partition coefficient (Wildman–Crippen LogP) is 3.95. The van der Waals surface area contributed by atoms with Crippen molar-refractivity contribution < 1.29 is 9.18 Å². The first kappa shape index (κ1) is 13.0. The third-order valence-electron chi connectivity index (χ3n) is 2.42. The molecule has 0 aliphatic rings. The van der Waals surface area contributed by atoms with Crippen LogP contribution in [0.5, 0.6) is 0 Å². The molecule has 92 valence electrons. The van der Waals surface area contributed by atoms with E-state index in [1.54, 1.807) is 6.07 Å². The van der Waals surface area contributed by atoms with Gasteiger partial charge in [0.1, 0.15) is 5.82 Å². The minimum absolute atomic E-state index is 0.00104. The van der Waals surface area contributed by atoms with Crippen LogP contribution in [0.15, 0.2) is 36.7 Å². The number of carbonyl (C=O) groups excluding carboxylic acids is 1. The maximum atomic E-state index is 13.0. The molecular weight excluding hydrogens is 276 g/mol. The Morgan fingerprint density at radius 1 is 1.22 bits per heavy atom. The van der Waals surface area contributed by atoms with Crippen molar-refractivity contribution in [3.05, 3.63) is 63.6 Å². The van der Waals surface area contributed by atoms with Gasteiger partial charge in [-0.3, -0.25) is 9.78 Å². The molecule has 0 unspecified atom stereocenters. The van der Waals surface area contributed by atoms with Gasteiger partial charge >= 0.3 is 0 Å². The van der Waals surface area contributed by atoms with E-state index in [4.69, 9.17) is 23.2 Å². The summed E-state index contributed by atoms with van der Waals surface area (Å²) in [4.78, 5) is 15.8. The van der Waals surface area contributed by atoms with Crippen molar-refractivity contribution in [2.45, 2.75) is 6.42 Å². The van der Waals surface area contributed by atoms with Gasteiger partial charge in [-0.2, -0.15) is 0 Å². The number of hydrogen-bond acceptors (Lipinski definition) is 2. The molecule has 0 aliphatic heterocycles. The Labute approximate surface area is 113 Å². The number of hydrogen-bond donors (Lipinski definition) is 0. The number of benzene rings is 1. The second-order valence-corrected chi connectivity index (χ2v) is 4.52. The molecule has 0 radical (unpaired) electrons. The summed E-state index contributed by atoms with van der Waals surface area (Å²) in [5, 5.41) is 0.303. The van der Waals surface area contributed by atoms with E-state index in [2.05, 4.69) is 4.98 Å². The monoisotopic (exact) mass is 283 g/mol. The van der Waals surface area contributed by atoms with Crippen molar-refractivity contribution in [2.24, 2.45) is 0 Å². The van der Waals surface area contributed by atoms with Crippen LogP contribution in [-0.4, -0.2) is 10.8 Å². The molecule has 1 heterocycles. The normalized spacial score (nSPS) is 10.4. The number of carbonyl (C=O) groups is 1. The van der Waals surface area contributed by atoms with Crippen molar-refractivity contribution >= 4 is 29.0 Å². The molecule has 1 aromatic heterocycles. The summed E-state index contributed by atoms with van der Waals surface area (Å²) >= 11 is 11.5. The Kier molecular flexibility index (Phi) is 3.94. The van der Waals surface area contributed by atoms with Gasteiger partial charge in [-0.1, -0.05) is 29.3 Å². The highest BCUT2D eigenvalue weighted by molar-refractivity contribution is 6.34. The molecular formula is C13H8Cl2FNO. The molecule has 0 fully saturated rings. The molecule has 2 nitrogen and oxygen atoms in total. The second-order valence-electron chi connectivity index (χ2n) is 3.70. The van der Waals surface area contributed by atoms with Gasteiger partial charge in [0.05, 0.1) is 10.0 Å². The largest absolute Gasteiger partial charge is 0.294 e. The van der Waals surface area contributed by atoms with E-state index >= 15 is 0 Å². The van der Waals surface area contributed by atoms with E-state index < -0.39 is 5.82 Å². The Bertz CT molecular complexity index is 601. The summed E-state index contributed by atoms with van der Waals surface area (Å²) in [6.45, 7) is 0. The number of rotatable bonds is 3. The predicted molar refractivity (Wildman–Crippen MR) is 68.7 cm³/mol. The summed E-state index contributed by atoms with van der Waals surface area (Å²) in [7, 11) is 0. The third kappa shape index (κ3) is 2.86. The number of Topliss-reactive ketones (excluding diaryl/α,β-unsaturated/α-hetero) is 1. The zero-order valence-corrected chi connectivity index (χ0v) is 10.7. The van der Waals surface area contributed by atoms with Gasteiger partial charge in [-0.15, -0.1) is 0 Å². The van der Waals surface area contributed by atoms with E-state index in [1.165, 1.54) is 30.6 Å². The maximum absolute atomic E-state index is 13.0. The third-order valence-corrected chi connectivity index (χ3v) is 3.01. The molecule has 0 N–H and O–H groups in total. The van der Waals surface area contributed by atoms with Crippen LogP contribution in [0.2, 0.25) is 10.0 Å². The van der Waals surface area contributed by atoms with Gasteiger partial charge < -0.3 is 0 Å². The Morgan fingerprint density at radius 2 is 2.00 bits per heavy atom. The zero-order chi connectivity index (χ0) is 13.1. The van der Waals surface area contributed by atoms with Crippen molar-refractivity contribution in [3.8, 4) is 0 Å². The summed E-state index contributed by atoms with van der Waals surface area (Å²) in [6.07, 6.45) is 3.02. The maximum Gasteiger partial charge on any atom is 0.168 e. The molecule has 18 heavy (non-hydrogen) atoms. The lowest BCUT2D eigenvalue weighted by Gasteiger charge is -2.04. The first-order valence-corrected chi connectivity index (χ1v) is 5.90. The molecule has 5 heteroatoms. The van der Waals surface area contributed by atoms with E-state index in [0.29, 0.717) is 16.1 Å². The lowest BCUT2D eigenvalue weighted by Crippen LogP contribution is -2.04. The van der Waals surface area contributed by atoms with E-state index in [1.807, 2.05) is 0 Å². The van der Waals surface area contributed by atoms with Gasteiger partial charge in [0.2, 0.25) is 0 Å². The molecule has 0 bridgehead atoms. The average Bonchev–Trinajstić information content (AvgIpc) is 2.34. The minimum atomic E-state index is -0.505. The summed E-state index contributed by atoms with van der Waals surface area (Å²) < 4.78 is 13.0. The molecule has 0 aliphatic carbocycles. The van der Waals surface area contributed by atoms with Crippen LogP contribution < -0.4 is 0 Å². The molecule has 2 aromatic rings. The number of nitrogens with zero attached hydrogens (tertiary/aromatic N) is 1. The molecule has 2 rings (SSSR count). The van der Waals surface area contributed by atoms with Crippen molar-refractivity contribution in [1.82, 2.24) is 4.98 Å². The van der Waals surface area contributed by atoms with E-state index in [9.17, 15) is 9.18 Å². The second kappa shape index (κ2) is 5.46. The quantitative estimate of drug-likeness (QED) is 0.799. The summed E-state index contributed by atoms with van der Waals surface area (Å²) in [5.41, 5.74) is 1.03. The zero-order valence-electron chi connectivity index (χ0n) is 9.16. The topological polar surface area (TPSA) is 30.0 Å². The molecule has 0 saturated carbocycles. The van der Waals surface area contributed by atoms with Gasteiger partial charge in [0.15, 0.2) is 5.78 Å². The highest BCUT2D eigenvalue weighted by Crippen LogP contribution is 2.19. The van der Waals surface area contributed by atoms with Crippen molar-refractivity contribution in [3.63, 3.8) is 0 Å². The Hall–Kier alpha value is -1.45. The van der Waals surface area contributed by atoms with Crippen LogP contribution in [0.3, 0.4) is 0 Å². The average molecular weight is 284 g/mol. The van der Waals surface area contributed by atoms with Crippen LogP contribution in [0.4, 0.5) is 4.39 Å².